The number of hydrogen-bond acceptors (Lipinski definition) is 3. The van der Waals surface area contributed by atoms with Crippen LogP contribution in [0.1, 0.15) is 37.3 Å². The lowest BCUT2D eigenvalue weighted by molar-refractivity contribution is -0.124. The molecule has 2 rings (SSSR count). The number of amides is 1. The molecule has 1 fully saturated rings. The maximum absolute atomic E-state index is 11.6. The number of furan rings is 1. The topological polar surface area (TPSA) is 54.3 Å². The Morgan fingerprint density at radius 1 is 1.56 bits per heavy atom. The Labute approximate surface area is 95.4 Å². The summed E-state index contributed by atoms with van der Waals surface area (Å²) in [5, 5.41) is 6.15. The summed E-state index contributed by atoms with van der Waals surface area (Å²) < 4.78 is 5.53. The van der Waals surface area contributed by atoms with Crippen LogP contribution >= 0.6 is 0 Å². The van der Waals surface area contributed by atoms with Gasteiger partial charge in [0.2, 0.25) is 5.91 Å². The van der Waals surface area contributed by atoms with E-state index in [1.165, 1.54) is 0 Å². The SMILES string of the molecule is Cc1ccc(C(C)NC2CCCNC2=O)o1. The van der Waals surface area contributed by atoms with E-state index in [4.69, 9.17) is 4.42 Å². The molecule has 1 aliphatic rings. The Hall–Kier alpha value is -1.29. The number of hydrogen-bond donors (Lipinski definition) is 2. The summed E-state index contributed by atoms with van der Waals surface area (Å²) in [6.45, 7) is 4.73. The van der Waals surface area contributed by atoms with E-state index in [2.05, 4.69) is 10.6 Å². The molecule has 2 atom stereocenters. The molecule has 0 bridgehead atoms. The monoisotopic (exact) mass is 222 g/mol. The van der Waals surface area contributed by atoms with E-state index >= 15 is 0 Å². The fraction of sp³-hybridized carbons (Fsp3) is 0.583. The van der Waals surface area contributed by atoms with Crippen LogP contribution in [0.2, 0.25) is 0 Å². The van der Waals surface area contributed by atoms with Gasteiger partial charge in [-0.25, -0.2) is 0 Å². The Kier molecular flexibility index (Phi) is 3.29. The molecular formula is C12H18N2O2. The smallest absolute Gasteiger partial charge is 0.237 e. The fourth-order valence-corrected chi connectivity index (χ4v) is 2.00. The van der Waals surface area contributed by atoms with Crippen molar-refractivity contribution in [3.8, 4) is 0 Å². The van der Waals surface area contributed by atoms with Gasteiger partial charge in [-0.3, -0.25) is 10.1 Å². The average Bonchev–Trinajstić information content (AvgIpc) is 2.68. The first-order chi connectivity index (χ1) is 7.66. The van der Waals surface area contributed by atoms with Crippen molar-refractivity contribution in [2.45, 2.75) is 38.8 Å². The molecule has 2 heterocycles. The minimum atomic E-state index is -0.0887. The third-order valence-electron chi connectivity index (χ3n) is 2.92. The van der Waals surface area contributed by atoms with Gasteiger partial charge in [-0.1, -0.05) is 0 Å². The van der Waals surface area contributed by atoms with Gasteiger partial charge in [0, 0.05) is 6.54 Å². The zero-order valence-electron chi connectivity index (χ0n) is 9.75. The minimum absolute atomic E-state index is 0.0718. The summed E-state index contributed by atoms with van der Waals surface area (Å²) in [6.07, 6.45) is 1.93. The van der Waals surface area contributed by atoms with Crippen LogP contribution in [0.3, 0.4) is 0 Å². The number of carbonyl (C=O) groups is 1. The Bertz CT molecular complexity index is 373. The van der Waals surface area contributed by atoms with E-state index in [1.807, 2.05) is 26.0 Å². The van der Waals surface area contributed by atoms with E-state index in [0.29, 0.717) is 0 Å². The molecule has 1 aromatic rings. The van der Waals surface area contributed by atoms with E-state index < -0.39 is 0 Å². The zero-order valence-corrected chi connectivity index (χ0v) is 9.75. The van der Waals surface area contributed by atoms with E-state index in [-0.39, 0.29) is 18.0 Å². The first-order valence-electron chi connectivity index (χ1n) is 5.77. The van der Waals surface area contributed by atoms with Gasteiger partial charge in [-0.05, 0) is 38.8 Å². The summed E-state index contributed by atoms with van der Waals surface area (Å²) >= 11 is 0. The normalized spacial score (nSPS) is 22.9. The highest BCUT2D eigenvalue weighted by molar-refractivity contribution is 5.82. The quantitative estimate of drug-likeness (QED) is 0.815. The van der Waals surface area contributed by atoms with E-state index in [1.54, 1.807) is 0 Å². The molecule has 1 saturated heterocycles. The summed E-state index contributed by atoms with van der Waals surface area (Å²) in [5.74, 6) is 1.88. The lowest BCUT2D eigenvalue weighted by atomic mass is 10.1. The molecular weight excluding hydrogens is 204 g/mol. The van der Waals surface area contributed by atoms with Crippen LogP contribution in [0, 0.1) is 6.92 Å². The van der Waals surface area contributed by atoms with Gasteiger partial charge >= 0.3 is 0 Å². The molecule has 0 spiro atoms. The van der Waals surface area contributed by atoms with Crippen LogP contribution in [0.5, 0.6) is 0 Å². The van der Waals surface area contributed by atoms with Gasteiger partial charge in [0.25, 0.3) is 0 Å². The molecule has 4 heteroatoms. The van der Waals surface area contributed by atoms with Crippen LogP contribution in [-0.4, -0.2) is 18.5 Å². The molecule has 2 N–H and O–H groups in total. The molecule has 16 heavy (non-hydrogen) atoms. The fourth-order valence-electron chi connectivity index (χ4n) is 2.00. The average molecular weight is 222 g/mol. The Balaban J connectivity index is 1.96. The number of rotatable bonds is 3. The second-order valence-electron chi connectivity index (χ2n) is 4.32. The van der Waals surface area contributed by atoms with E-state index in [0.717, 1.165) is 30.9 Å². The zero-order chi connectivity index (χ0) is 11.5. The largest absolute Gasteiger partial charge is 0.465 e. The number of carbonyl (C=O) groups excluding carboxylic acids is 1. The molecule has 1 aromatic heterocycles. The summed E-state index contributed by atoms with van der Waals surface area (Å²) in [5.41, 5.74) is 0. The maximum Gasteiger partial charge on any atom is 0.237 e. The van der Waals surface area contributed by atoms with Gasteiger partial charge in [-0.2, -0.15) is 0 Å². The molecule has 0 aromatic carbocycles. The van der Waals surface area contributed by atoms with Crippen molar-refractivity contribution in [3.05, 3.63) is 23.7 Å². The third-order valence-corrected chi connectivity index (χ3v) is 2.92. The van der Waals surface area contributed by atoms with Crippen molar-refractivity contribution in [1.29, 1.82) is 0 Å². The molecule has 2 unspecified atom stereocenters. The standard InChI is InChI=1S/C12H18N2O2/c1-8-5-6-11(16-8)9(2)14-10-4-3-7-13-12(10)15/h5-6,9-10,14H,3-4,7H2,1-2H3,(H,13,15). The molecule has 0 saturated carbocycles. The molecule has 0 radical (unpaired) electrons. The summed E-state index contributed by atoms with van der Waals surface area (Å²) in [7, 11) is 0. The first kappa shape index (κ1) is 11.2. The Morgan fingerprint density at radius 3 is 3.00 bits per heavy atom. The third kappa shape index (κ3) is 2.44. The minimum Gasteiger partial charge on any atom is -0.465 e. The highest BCUT2D eigenvalue weighted by atomic mass is 16.3. The van der Waals surface area contributed by atoms with Crippen LogP contribution < -0.4 is 10.6 Å². The van der Waals surface area contributed by atoms with Crippen LogP contribution in [0.15, 0.2) is 16.5 Å². The highest BCUT2D eigenvalue weighted by Gasteiger charge is 2.24. The first-order valence-corrected chi connectivity index (χ1v) is 5.77. The van der Waals surface area contributed by atoms with Crippen LogP contribution in [-0.2, 0) is 4.79 Å². The van der Waals surface area contributed by atoms with Gasteiger partial charge < -0.3 is 9.73 Å². The van der Waals surface area contributed by atoms with Crippen LogP contribution in [0.25, 0.3) is 0 Å². The Morgan fingerprint density at radius 2 is 2.38 bits per heavy atom. The van der Waals surface area contributed by atoms with Crippen molar-refractivity contribution >= 4 is 5.91 Å². The lowest BCUT2D eigenvalue weighted by Gasteiger charge is -2.25. The van der Waals surface area contributed by atoms with Crippen molar-refractivity contribution in [1.82, 2.24) is 10.6 Å². The summed E-state index contributed by atoms with van der Waals surface area (Å²) in [6, 6.07) is 3.87. The van der Waals surface area contributed by atoms with Gasteiger partial charge in [0.15, 0.2) is 0 Å². The number of piperidine rings is 1. The predicted octanol–water partition coefficient (Wildman–Crippen LogP) is 1.52. The van der Waals surface area contributed by atoms with Crippen LogP contribution in [0.4, 0.5) is 0 Å². The predicted molar refractivity (Wildman–Crippen MR) is 61.0 cm³/mol. The van der Waals surface area contributed by atoms with Gasteiger partial charge in [0.1, 0.15) is 11.5 Å². The van der Waals surface area contributed by atoms with Crippen molar-refractivity contribution < 1.29 is 9.21 Å². The highest BCUT2D eigenvalue weighted by Crippen LogP contribution is 2.17. The molecule has 88 valence electrons. The van der Waals surface area contributed by atoms with Gasteiger partial charge in [-0.15, -0.1) is 0 Å². The van der Waals surface area contributed by atoms with E-state index in [9.17, 15) is 4.79 Å². The second kappa shape index (κ2) is 4.70. The number of nitrogens with one attached hydrogen (secondary N) is 2. The molecule has 1 aliphatic heterocycles. The maximum atomic E-state index is 11.6. The molecule has 4 nitrogen and oxygen atoms in total. The van der Waals surface area contributed by atoms with Gasteiger partial charge in [0.05, 0.1) is 12.1 Å². The lowest BCUT2D eigenvalue weighted by Crippen LogP contribution is -2.48. The van der Waals surface area contributed by atoms with Crippen molar-refractivity contribution in [3.63, 3.8) is 0 Å². The second-order valence-corrected chi connectivity index (χ2v) is 4.32. The molecule has 0 aliphatic carbocycles. The van der Waals surface area contributed by atoms with Crippen molar-refractivity contribution in [2.24, 2.45) is 0 Å². The van der Waals surface area contributed by atoms with Crippen molar-refractivity contribution in [2.75, 3.05) is 6.54 Å². The summed E-state index contributed by atoms with van der Waals surface area (Å²) in [4.78, 5) is 11.6. The molecule has 1 amide bonds. The number of aryl methyl sites for hydroxylation is 1.